The van der Waals surface area contributed by atoms with Crippen molar-refractivity contribution < 1.29 is 4.79 Å². The second-order valence-electron chi connectivity index (χ2n) is 7.07. The van der Waals surface area contributed by atoms with Crippen LogP contribution in [0.3, 0.4) is 0 Å². The Balaban J connectivity index is 1.69. The molecule has 1 atom stereocenters. The molecule has 0 saturated heterocycles. The Morgan fingerprint density at radius 1 is 1.20 bits per heavy atom. The lowest BCUT2D eigenvalue weighted by molar-refractivity contribution is -0.131. The zero-order chi connectivity index (χ0) is 17.4. The molecule has 0 bridgehead atoms. The lowest BCUT2D eigenvalue weighted by Crippen LogP contribution is -2.39. The Morgan fingerprint density at radius 3 is 2.84 bits per heavy atom. The first-order valence-electron chi connectivity index (χ1n) is 9.05. The highest BCUT2D eigenvalue weighted by atomic mass is 16.2. The first kappa shape index (κ1) is 15.9. The van der Waals surface area contributed by atoms with Gasteiger partial charge in [0.2, 0.25) is 5.91 Å². The van der Waals surface area contributed by atoms with Gasteiger partial charge in [0.1, 0.15) is 0 Å². The van der Waals surface area contributed by atoms with E-state index < -0.39 is 0 Å². The quantitative estimate of drug-likeness (QED) is 0.750. The third-order valence-electron chi connectivity index (χ3n) is 5.35. The van der Waals surface area contributed by atoms with Gasteiger partial charge >= 0.3 is 0 Å². The predicted octanol–water partition coefficient (Wildman–Crippen LogP) is 4.55. The molecule has 25 heavy (non-hydrogen) atoms. The minimum atomic E-state index is 0.133. The average Bonchev–Trinajstić information content (AvgIpc) is 2.98. The molecule has 1 aromatic heterocycles. The predicted molar refractivity (Wildman–Crippen MR) is 102 cm³/mol. The van der Waals surface area contributed by atoms with Gasteiger partial charge < -0.3 is 9.88 Å². The molecular formula is C22H24N2O. The SMILES string of the molecule is CC(=O)N1CCc2c([nH]c3ccccc23)C1CCc1cccc(C)c1. The van der Waals surface area contributed by atoms with Crippen LogP contribution >= 0.6 is 0 Å². The molecule has 0 saturated carbocycles. The number of fused-ring (bicyclic) bond motifs is 3. The van der Waals surface area contributed by atoms with E-state index in [2.05, 4.69) is 60.4 Å². The number of carbonyl (C=O) groups is 1. The van der Waals surface area contributed by atoms with Crippen LogP contribution in [0.5, 0.6) is 0 Å². The van der Waals surface area contributed by atoms with Crippen LogP contribution in [0.2, 0.25) is 0 Å². The largest absolute Gasteiger partial charge is 0.356 e. The molecule has 1 unspecified atom stereocenters. The number of benzene rings is 2. The summed E-state index contributed by atoms with van der Waals surface area (Å²) >= 11 is 0. The molecule has 2 aromatic carbocycles. The fraction of sp³-hybridized carbons (Fsp3) is 0.318. The Labute approximate surface area is 148 Å². The molecule has 1 aliphatic heterocycles. The van der Waals surface area contributed by atoms with Crippen LogP contribution in [-0.2, 0) is 17.6 Å². The van der Waals surface area contributed by atoms with Crippen molar-refractivity contribution in [3.05, 3.63) is 70.9 Å². The molecule has 0 spiro atoms. The smallest absolute Gasteiger partial charge is 0.220 e. The van der Waals surface area contributed by atoms with Crippen LogP contribution in [0.25, 0.3) is 10.9 Å². The van der Waals surface area contributed by atoms with Crippen molar-refractivity contribution in [2.75, 3.05) is 6.54 Å². The van der Waals surface area contributed by atoms with Gasteiger partial charge in [0.25, 0.3) is 0 Å². The summed E-state index contributed by atoms with van der Waals surface area (Å²) < 4.78 is 0. The van der Waals surface area contributed by atoms with Crippen LogP contribution < -0.4 is 0 Å². The summed E-state index contributed by atoms with van der Waals surface area (Å²) in [6.45, 7) is 4.62. The summed E-state index contributed by atoms with van der Waals surface area (Å²) in [6, 6.07) is 17.3. The first-order chi connectivity index (χ1) is 12.1. The molecule has 1 aliphatic rings. The number of rotatable bonds is 3. The molecule has 1 amide bonds. The summed E-state index contributed by atoms with van der Waals surface area (Å²) in [5.74, 6) is 0.165. The van der Waals surface area contributed by atoms with E-state index in [-0.39, 0.29) is 11.9 Å². The number of amides is 1. The fourth-order valence-electron chi connectivity index (χ4n) is 4.17. The molecule has 0 radical (unpaired) electrons. The highest BCUT2D eigenvalue weighted by Crippen LogP contribution is 2.37. The summed E-state index contributed by atoms with van der Waals surface area (Å²) in [5, 5.41) is 1.31. The van der Waals surface area contributed by atoms with Gasteiger partial charge in [-0.15, -0.1) is 0 Å². The standard InChI is InChI=1S/C22H24N2O/c1-15-6-5-7-17(14-15)10-11-21-22-19(12-13-24(21)16(2)25)18-8-3-4-9-20(18)23-22/h3-9,14,21,23H,10-13H2,1-2H3. The van der Waals surface area contributed by atoms with Crippen LogP contribution in [0.15, 0.2) is 48.5 Å². The van der Waals surface area contributed by atoms with Crippen LogP contribution in [0.1, 0.15) is 41.8 Å². The lowest BCUT2D eigenvalue weighted by atomic mass is 9.92. The molecule has 1 N–H and O–H groups in total. The molecule has 0 fully saturated rings. The van der Waals surface area contributed by atoms with E-state index in [1.807, 2.05) is 4.90 Å². The number of hydrogen-bond acceptors (Lipinski definition) is 1. The summed E-state index contributed by atoms with van der Waals surface area (Å²) in [7, 11) is 0. The van der Waals surface area contributed by atoms with E-state index in [1.165, 1.54) is 33.3 Å². The number of nitrogens with zero attached hydrogens (tertiary/aromatic N) is 1. The van der Waals surface area contributed by atoms with Crippen molar-refractivity contribution in [2.24, 2.45) is 0 Å². The number of aromatic amines is 1. The molecule has 128 valence electrons. The third kappa shape index (κ3) is 2.95. The number of aryl methyl sites for hydroxylation is 2. The van der Waals surface area contributed by atoms with Crippen LogP contribution in [0, 0.1) is 6.92 Å². The first-order valence-corrected chi connectivity index (χ1v) is 9.05. The maximum Gasteiger partial charge on any atom is 0.220 e. The Bertz CT molecular complexity index is 925. The van der Waals surface area contributed by atoms with Crippen LogP contribution in [0.4, 0.5) is 0 Å². The van der Waals surface area contributed by atoms with Crippen LogP contribution in [-0.4, -0.2) is 22.3 Å². The van der Waals surface area contributed by atoms with Gasteiger partial charge in [0.05, 0.1) is 6.04 Å². The number of carbonyl (C=O) groups excluding carboxylic acids is 1. The maximum absolute atomic E-state index is 12.2. The monoisotopic (exact) mass is 332 g/mol. The summed E-state index contributed by atoms with van der Waals surface area (Å²) in [6.07, 6.45) is 2.85. The van der Waals surface area contributed by atoms with Gasteiger partial charge in [0, 0.05) is 30.1 Å². The number of hydrogen-bond donors (Lipinski definition) is 1. The van der Waals surface area contributed by atoms with Crippen molar-refractivity contribution in [1.29, 1.82) is 0 Å². The lowest BCUT2D eigenvalue weighted by Gasteiger charge is -2.35. The summed E-state index contributed by atoms with van der Waals surface area (Å²) in [5.41, 5.74) is 6.43. The second-order valence-corrected chi connectivity index (χ2v) is 7.07. The Hall–Kier alpha value is -2.55. The van der Waals surface area contributed by atoms with Crippen molar-refractivity contribution in [3.63, 3.8) is 0 Å². The minimum absolute atomic E-state index is 0.133. The molecule has 2 heterocycles. The van der Waals surface area contributed by atoms with Gasteiger partial charge in [-0.3, -0.25) is 4.79 Å². The third-order valence-corrected chi connectivity index (χ3v) is 5.35. The van der Waals surface area contributed by atoms with Crippen molar-refractivity contribution in [2.45, 2.75) is 39.2 Å². The van der Waals surface area contributed by atoms with Gasteiger partial charge in [-0.2, -0.15) is 0 Å². The summed E-state index contributed by atoms with van der Waals surface area (Å²) in [4.78, 5) is 17.9. The van der Waals surface area contributed by atoms with E-state index in [1.54, 1.807) is 6.92 Å². The number of aromatic nitrogens is 1. The van der Waals surface area contributed by atoms with Crippen molar-refractivity contribution in [3.8, 4) is 0 Å². The second kappa shape index (κ2) is 6.40. The highest BCUT2D eigenvalue weighted by molar-refractivity contribution is 5.86. The molecule has 0 aliphatic carbocycles. The van der Waals surface area contributed by atoms with E-state index in [4.69, 9.17) is 0 Å². The van der Waals surface area contributed by atoms with E-state index in [0.29, 0.717) is 0 Å². The van der Waals surface area contributed by atoms with Gasteiger partial charge in [0.15, 0.2) is 0 Å². The minimum Gasteiger partial charge on any atom is -0.356 e. The van der Waals surface area contributed by atoms with Gasteiger partial charge in [-0.25, -0.2) is 0 Å². The van der Waals surface area contributed by atoms with E-state index in [0.717, 1.165) is 25.8 Å². The molecule has 3 heteroatoms. The normalized spacial score (nSPS) is 16.9. The molecular weight excluding hydrogens is 308 g/mol. The zero-order valence-electron chi connectivity index (χ0n) is 14.9. The fourth-order valence-corrected chi connectivity index (χ4v) is 4.17. The highest BCUT2D eigenvalue weighted by Gasteiger charge is 2.31. The number of nitrogens with one attached hydrogen (secondary N) is 1. The molecule has 4 rings (SSSR count). The molecule has 3 aromatic rings. The topological polar surface area (TPSA) is 36.1 Å². The van der Waals surface area contributed by atoms with E-state index >= 15 is 0 Å². The van der Waals surface area contributed by atoms with Gasteiger partial charge in [-0.1, -0.05) is 48.0 Å². The maximum atomic E-state index is 12.2. The molecule has 3 nitrogen and oxygen atoms in total. The van der Waals surface area contributed by atoms with E-state index in [9.17, 15) is 4.79 Å². The Kier molecular flexibility index (Phi) is 4.08. The average molecular weight is 332 g/mol. The number of para-hydroxylation sites is 1. The Morgan fingerprint density at radius 2 is 2.04 bits per heavy atom. The van der Waals surface area contributed by atoms with Gasteiger partial charge in [-0.05, 0) is 43.4 Å². The van der Waals surface area contributed by atoms with Crippen molar-refractivity contribution >= 4 is 16.8 Å². The number of H-pyrrole nitrogens is 1. The van der Waals surface area contributed by atoms with Crippen molar-refractivity contribution in [1.82, 2.24) is 9.88 Å². The zero-order valence-corrected chi connectivity index (χ0v) is 14.9.